The Balaban J connectivity index is 1.63. The number of aryl methyl sites for hydroxylation is 2. The second-order valence-corrected chi connectivity index (χ2v) is 8.42. The first kappa shape index (κ1) is 22.0. The van der Waals surface area contributed by atoms with Gasteiger partial charge in [-0.15, -0.1) is 0 Å². The average molecular weight is 467 g/mol. The van der Waals surface area contributed by atoms with Gasteiger partial charge in [0, 0.05) is 11.3 Å². The molecule has 2 aromatic carbocycles. The van der Waals surface area contributed by atoms with Gasteiger partial charge in [0.2, 0.25) is 0 Å². The van der Waals surface area contributed by atoms with Crippen LogP contribution in [0.3, 0.4) is 0 Å². The highest BCUT2D eigenvalue weighted by Crippen LogP contribution is 2.43. The number of Topliss-reactive ketones (excluding diaryl/α,β-unsaturated/α-hetero) is 1. The highest BCUT2D eigenvalue weighted by molar-refractivity contribution is 6.51. The average Bonchev–Trinajstić information content (AvgIpc) is 3.45. The molecular weight excluding hydrogens is 447 g/mol. The van der Waals surface area contributed by atoms with Crippen LogP contribution in [0.25, 0.3) is 5.76 Å². The molecule has 174 valence electrons. The summed E-state index contributed by atoms with van der Waals surface area (Å²) < 4.78 is 44.5. The van der Waals surface area contributed by atoms with Crippen LogP contribution in [0.1, 0.15) is 46.9 Å². The number of aliphatic hydroxyl groups excluding tert-OH is 1. The van der Waals surface area contributed by atoms with Gasteiger partial charge in [-0.25, -0.2) is 0 Å². The molecule has 1 fully saturated rings. The summed E-state index contributed by atoms with van der Waals surface area (Å²) in [6, 6.07) is 11.4. The van der Waals surface area contributed by atoms with Gasteiger partial charge >= 0.3 is 6.18 Å². The third-order valence-corrected chi connectivity index (χ3v) is 6.35. The lowest BCUT2D eigenvalue weighted by Gasteiger charge is -2.24. The van der Waals surface area contributed by atoms with E-state index in [0.717, 1.165) is 60.4 Å². The number of carbonyl (C=O) groups excluding carboxylic acids is 2. The molecule has 5 rings (SSSR count). The van der Waals surface area contributed by atoms with Crippen LogP contribution in [0, 0.1) is 0 Å². The number of amides is 1. The summed E-state index contributed by atoms with van der Waals surface area (Å²) in [5, 5.41) is 11.2. The number of fused-ring (bicyclic) bond motifs is 1. The van der Waals surface area contributed by atoms with Gasteiger partial charge in [0.05, 0.1) is 17.4 Å². The number of rotatable bonds is 3. The first-order valence-electron chi connectivity index (χ1n) is 10.9. The molecule has 1 atom stereocenters. The molecule has 5 nitrogen and oxygen atoms in total. The number of alkyl halides is 3. The molecule has 8 heteroatoms. The van der Waals surface area contributed by atoms with Gasteiger partial charge in [0.1, 0.15) is 17.6 Å². The van der Waals surface area contributed by atoms with Crippen LogP contribution in [0.15, 0.2) is 70.9 Å². The van der Waals surface area contributed by atoms with Gasteiger partial charge in [-0.1, -0.05) is 12.1 Å². The Morgan fingerprint density at radius 1 is 0.971 bits per heavy atom. The van der Waals surface area contributed by atoms with Gasteiger partial charge < -0.3 is 9.52 Å². The number of aliphatic hydroxyl groups is 1. The third-order valence-electron chi connectivity index (χ3n) is 6.35. The minimum absolute atomic E-state index is 0.0843. The maximum absolute atomic E-state index is 13.1. The van der Waals surface area contributed by atoms with E-state index in [1.54, 1.807) is 18.2 Å². The molecule has 1 saturated heterocycles. The zero-order chi connectivity index (χ0) is 24.0. The molecule has 2 heterocycles. The van der Waals surface area contributed by atoms with Crippen LogP contribution < -0.4 is 4.90 Å². The van der Waals surface area contributed by atoms with Crippen molar-refractivity contribution in [2.75, 3.05) is 4.90 Å². The lowest BCUT2D eigenvalue weighted by atomic mass is 9.89. The van der Waals surface area contributed by atoms with Gasteiger partial charge in [-0.05, 0) is 79.3 Å². The molecule has 1 amide bonds. The molecule has 1 unspecified atom stereocenters. The smallest absolute Gasteiger partial charge is 0.416 e. The maximum Gasteiger partial charge on any atom is 0.416 e. The molecule has 0 spiro atoms. The van der Waals surface area contributed by atoms with E-state index >= 15 is 0 Å². The van der Waals surface area contributed by atoms with Crippen LogP contribution >= 0.6 is 0 Å². The maximum atomic E-state index is 13.1. The SMILES string of the molecule is O=C1C(=O)N(c2ccc(C(F)(F)F)cc2)C(c2ccco2)/C1=C(/O)c1ccc2c(c1)CCCC2. The van der Waals surface area contributed by atoms with E-state index in [1.165, 1.54) is 11.8 Å². The fourth-order valence-corrected chi connectivity index (χ4v) is 4.66. The Bertz CT molecular complexity index is 1290. The second kappa shape index (κ2) is 8.20. The first-order valence-corrected chi connectivity index (χ1v) is 10.9. The fourth-order valence-electron chi connectivity index (χ4n) is 4.66. The van der Waals surface area contributed by atoms with Crippen molar-refractivity contribution >= 4 is 23.1 Å². The van der Waals surface area contributed by atoms with Gasteiger partial charge in [0.15, 0.2) is 0 Å². The van der Waals surface area contributed by atoms with Crippen molar-refractivity contribution < 1.29 is 32.3 Å². The topological polar surface area (TPSA) is 70.8 Å². The molecule has 1 N–H and O–H groups in total. The number of furan rings is 1. The summed E-state index contributed by atoms with van der Waals surface area (Å²) in [5.41, 5.74) is 1.72. The van der Waals surface area contributed by atoms with Crippen molar-refractivity contribution in [2.45, 2.75) is 37.9 Å². The van der Waals surface area contributed by atoms with Crippen LogP contribution in [0.4, 0.5) is 18.9 Å². The monoisotopic (exact) mass is 467 g/mol. The Morgan fingerprint density at radius 3 is 2.32 bits per heavy atom. The predicted molar refractivity (Wildman–Crippen MR) is 118 cm³/mol. The molecule has 3 aromatic rings. The summed E-state index contributed by atoms with van der Waals surface area (Å²) >= 11 is 0. The fraction of sp³-hybridized carbons (Fsp3) is 0.231. The van der Waals surface area contributed by atoms with E-state index in [0.29, 0.717) is 5.56 Å². The van der Waals surface area contributed by atoms with Gasteiger partial charge in [0.25, 0.3) is 11.7 Å². The minimum Gasteiger partial charge on any atom is -0.507 e. The van der Waals surface area contributed by atoms with E-state index in [-0.39, 0.29) is 22.8 Å². The number of benzene rings is 2. The van der Waals surface area contributed by atoms with Crippen molar-refractivity contribution in [2.24, 2.45) is 0 Å². The number of hydrogen-bond donors (Lipinski definition) is 1. The standard InChI is InChI=1S/C26H20F3NO4/c27-26(28,29)18-9-11-19(12-10-18)30-22(20-6-3-13-34-20)21(24(32)25(30)33)23(31)17-8-7-15-4-1-2-5-16(15)14-17/h3,6-14,22,31H,1-2,4-5H2/b23-21-. The number of halogens is 3. The van der Waals surface area contributed by atoms with Crippen molar-refractivity contribution in [3.05, 3.63) is 94.4 Å². The van der Waals surface area contributed by atoms with E-state index < -0.39 is 29.5 Å². The Kier molecular flexibility index (Phi) is 5.31. The number of hydrogen-bond acceptors (Lipinski definition) is 4. The van der Waals surface area contributed by atoms with Crippen molar-refractivity contribution in [3.8, 4) is 0 Å². The molecule has 1 aromatic heterocycles. The van der Waals surface area contributed by atoms with Gasteiger partial charge in [-0.2, -0.15) is 13.2 Å². The van der Waals surface area contributed by atoms with Gasteiger partial charge in [-0.3, -0.25) is 14.5 Å². The zero-order valence-electron chi connectivity index (χ0n) is 17.9. The Labute approximate surface area is 193 Å². The third kappa shape index (κ3) is 3.69. The largest absolute Gasteiger partial charge is 0.507 e. The summed E-state index contributed by atoms with van der Waals surface area (Å²) in [6.45, 7) is 0. The minimum atomic E-state index is -4.54. The van der Waals surface area contributed by atoms with Crippen molar-refractivity contribution in [1.82, 2.24) is 0 Å². The normalized spacial score (nSPS) is 20.0. The zero-order valence-corrected chi connectivity index (χ0v) is 17.9. The second-order valence-electron chi connectivity index (χ2n) is 8.42. The number of carbonyl (C=O) groups is 2. The molecule has 1 aliphatic carbocycles. The molecule has 0 saturated carbocycles. The van der Waals surface area contributed by atoms with Crippen LogP contribution in [-0.2, 0) is 28.6 Å². The highest BCUT2D eigenvalue weighted by atomic mass is 19.4. The van der Waals surface area contributed by atoms with Crippen molar-refractivity contribution in [3.63, 3.8) is 0 Å². The van der Waals surface area contributed by atoms with Crippen LogP contribution in [-0.4, -0.2) is 16.8 Å². The summed E-state index contributed by atoms with van der Waals surface area (Å²) in [7, 11) is 0. The molecule has 0 radical (unpaired) electrons. The quantitative estimate of drug-likeness (QED) is 0.300. The highest BCUT2D eigenvalue weighted by Gasteiger charge is 2.48. The number of ketones is 1. The Hall–Kier alpha value is -3.81. The predicted octanol–water partition coefficient (Wildman–Crippen LogP) is 5.80. The lowest BCUT2D eigenvalue weighted by molar-refractivity contribution is -0.137. The van der Waals surface area contributed by atoms with E-state index in [9.17, 15) is 27.9 Å². The Morgan fingerprint density at radius 2 is 1.68 bits per heavy atom. The first-order chi connectivity index (χ1) is 16.3. The number of nitrogens with zero attached hydrogens (tertiary/aromatic N) is 1. The molecule has 0 bridgehead atoms. The molecular formula is C26H20F3NO4. The van der Waals surface area contributed by atoms with Crippen LogP contribution in [0.5, 0.6) is 0 Å². The molecule has 34 heavy (non-hydrogen) atoms. The summed E-state index contributed by atoms with van der Waals surface area (Å²) in [4.78, 5) is 27.2. The lowest BCUT2D eigenvalue weighted by Crippen LogP contribution is -2.29. The molecule has 2 aliphatic rings. The van der Waals surface area contributed by atoms with E-state index in [1.807, 2.05) is 12.1 Å². The molecule has 1 aliphatic heterocycles. The summed E-state index contributed by atoms with van der Waals surface area (Å²) in [5.74, 6) is -2.03. The van der Waals surface area contributed by atoms with E-state index in [2.05, 4.69) is 0 Å². The van der Waals surface area contributed by atoms with E-state index in [4.69, 9.17) is 4.42 Å². The number of anilines is 1. The summed E-state index contributed by atoms with van der Waals surface area (Å²) in [6.07, 6.45) is 0.747. The van der Waals surface area contributed by atoms with Crippen LogP contribution in [0.2, 0.25) is 0 Å². The van der Waals surface area contributed by atoms with Crippen molar-refractivity contribution in [1.29, 1.82) is 0 Å².